The number of aromatic nitrogens is 3. The van der Waals surface area contributed by atoms with Gasteiger partial charge in [0.1, 0.15) is 11.4 Å². The lowest BCUT2D eigenvalue weighted by Crippen LogP contribution is -2.46. The van der Waals surface area contributed by atoms with Crippen molar-refractivity contribution >= 4 is 17.0 Å². The van der Waals surface area contributed by atoms with Crippen LogP contribution in [0.25, 0.3) is 11.0 Å². The van der Waals surface area contributed by atoms with Crippen LogP contribution in [-0.2, 0) is 19.4 Å². The Morgan fingerprint density at radius 2 is 1.88 bits per heavy atom. The molecule has 2 aliphatic rings. The topological polar surface area (TPSA) is 92.2 Å². The number of rotatable bonds is 7. The average Bonchev–Trinajstić information content (AvgIpc) is 3.17. The summed E-state index contributed by atoms with van der Waals surface area (Å²) in [7, 11) is 0. The zero-order valence-corrected chi connectivity index (χ0v) is 20.5. The van der Waals surface area contributed by atoms with Crippen LogP contribution >= 0.6 is 0 Å². The monoisotopic (exact) mass is 462 g/mol. The molecule has 182 valence electrons. The van der Waals surface area contributed by atoms with Crippen LogP contribution in [0.4, 0.5) is 5.95 Å². The van der Waals surface area contributed by atoms with Gasteiger partial charge in [-0.1, -0.05) is 26.0 Å². The van der Waals surface area contributed by atoms with Crippen molar-refractivity contribution in [3.05, 3.63) is 47.3 Å². The molecule has 1 saturated heterocycles. The van der Waals surface area contributed by atoms with Crippen LogP contribution in [0.1, 0.15) is 56.5 Å². The second-order valence-electron chi connectivity index (χ2n) is 10.4. The minimum absolute atomic E-state index is 0.227. The number of nitrogens with one attached hydrogen (secondary N) is 1. The molecule has 1 aliphatic heterocycles. The number of hydrogen-bond donors (Lipinski definition) is 3. The molecule has 34 heavy (non-hydrogen) atoms. The fourth-order valence-corrected chi connectivity index (χ4v) is 5.23. The number of benzene rings is 1. The Bertz CT molecular complexity index is 1130. The number of likely N-dealkylation sites (tertiary alicyclic amines) is 1. The van der Waals surface area contributed by atoms with E-state index in [1.54, 1.807) is 0 Å². The van der Waals surface area contributed by atoms with Gasteiger partial charge in [-0.25, -0.2) is 4.98 Å². The molecule has 3 heterocycles. The highest BCUT2D eigenvalue weighted by Gasteiger charge is 2.24. The molecule has 0 bridgehead atoms. The lowest BCUT2D eigenvalue weighted by atomic mass is 9.95. The van der Waals surface area contributed by atoms with Gasteiger partial charge in [0.2, 0.25) is 5.95 Å². The number of nitrogens with zero attached hydrogens (tertiary/aromatic N) is 4. The van der Waals surface area contributed by atoms with Crippen molar-refractivity contribution < 1.29 is 5.11 Å². The zero-order valence-electron chi connectivity index (χ0n) is 20.5. The van der Waals surface area contributed by atoms with Gasteiger partial charge in [-0.2, -0.15) is 0 Å². The van der Waals surface area contributed by atoms with E-state index in [9.17, 15) is 5.11 Å². The maximum Gasteiger partial charge on any atom is 0.204 e. The molecule has 1 aliphatic carbocycles. The predicted octanol–water partition coefficient (Wildman–Crippen LogP) is 3.92. The van der Waals surface area contributed by atoms with E-state index in [0.29, 0.717) is 24.3 Å². The first-order valence-corrected chi connectivity index (χ1v) is 12.9. The molecule has 1 atom stereocenters. The van der Waals surface area contributed by atoms with E-state index >= 15 is 0 Å². The van der Waals surface area contributed by atoms with Crippen LogP contribution in [0.3, 0.4) is 0 Å². The van der Waals surface area contributed by atoms with Gasteiger partial charge in [-0.15, -0.1) is 0 Å². The van der Waals surface area contributed by atoms with Crippen molar-refractivity contribution in [2.24, 2.45) is 11.7 Å². The van der Waals surface area contributed by atoms with Gasteiger partial charge in [0.05, 0.1) is 17.6 Å². The molecule has 4 N–H and O–H groups in total. The molecule has 0 saturated carbocycles. The number of pyridine rings is 1. The van der Waals surface area contributed by atoms with Gasteiger partial charge in [0.15, 0.2) is 0 Å². The van der Waals surface area contributed by atoms with E-state index < -0.39 is 0 Å². The Morgan fingerprint density at radius 1 is 1.12 bits per heavy atom. The first kappa shape index (κ1) is 23.1. The molecule has 3 aromatic rings. The Morgan fingerprint density at radius 3 is 2.68 bits per heavy atom. The van der Waals surface area contributed by atoms with Crippen LogP contribution in [0.2, 0.25) is 0 Å². The summed E-state index contributed by atoms with van der Waals surface area (Å²) >= 11 is 0. The largest absolute Gasteiger partial charge is 0.506 e. The summed E-state index contributed by atoms with van der Waals surface area (Å²) in [6, 6.07) is 10.7. The highest BCUT2D eigenvalue weighted by Crippen LogP contribution is 2.29. The standard InChI is InChI=1S/C27H38N6O/c1-18(2)21(28)16-32-13-11-20(12-14-32)29-27-31-23-9-5-6-10-25(23)33(27)17-24-26(34)15-19-7-3-4-8-22(19)30-24/h5-6,9-10,15,18,20-21,34H,3-4,7-8,11-14,16-17,28H2,1-2H3,(H,29,31). The van der Waals surface area contributed by atoms with E-state index in [-0.39, 0.29) is 6.04 Å². The Labute approximate surface area is 202 Å². The molecule has 0 spiro atoms. The summed E-state index contributed by atoms with van der Waals surface area (Å²) in [6.45, 7) is 7.95. The average molecular weight is 463 g/mol. The molecule has 2 aromatic heterocycles. The highest BCUT2D eigenvalue weighted by molar-refractivity contribution is 5.78. The third-order valence-electron chi connectivity index (χ3n) is 7.57. The fourth-order valence-electron chi connectivity index (χ4n) is 5.23. The molecule has 5 rings (SSSR count). The minimum Gasteiger partial charge on any atom is -0.506 e. The third-order valence-corrected chi connectivity index (χ3v) is 7.57. The number of aryl methyl sites for hydroxylation is 2. The van der Waals surface area contributed by atoms with Gasteiger partial charge in [-0.3, -0.25) is 4.98 Å². The van der Waals surface area contributed by atoms with E-state index in [4.69, 9.17) is 15.7 Å². The van der Waals surface area contributed by atoms with Gasteiger partial charge >= 0.3 is 0 Å². The quantitative estimate of drug-likeness (QED) is 0.493. The van der Waals surface area contributed by atoms with Crippen molar-refractivity contribution in [3.63, 3.8) is 0 Å². The first-order valence-electron chi connectivity index (χ1n) is 12.9. The lowest BCUT2D eigenvalue weighted by molar-refractivity contribution is 0.194. The molecular formula is C27H38N6O. The Balaban J connectivity index is 1.35. The van der Waals surface area contributed by atoms with Gasteiger partial charge in [-0.05, 0) is 68.2 Å². The second-order valence-corrected chi connectivity index (χ2v) is 10.4. The third kappa shape index (κ3) is 4.91. The lowest BCUT2D eigenvalue weighted by Gasteiger charge is -2.34. The van der Waals surface area contributed by atoms with E-state index in [0.717, 1.165) is 73.7 Å². The molecule has 1 aromatic carbocycles. The number of nitrogens with two attached hydrogens (primary N) is 1. The maximum atomic E-state index is 10.8. The summed E-state index contributed by atoms with van der Waals surface area (Å²) in [5.74, 6) is 1.65. The van der Waals surface area contributed by atoms with Crippen LogP contribution in [0.5, 0.6) is 5.75 Å². The summed E-state index contributed by atoms with van der Waals surface area (Å²) in [6.07, 6.45) is 6.49. The molecule has 7 nitrogen and oxygen atoms in total. The van der Waals surface area contributed by atoms with Crippen molar-refractivity contribution in [2.45, 2.75) is 71.0 Å². The van der Waals surface area contributed by atoms with Crippen molar-refractivity contribution in [2.75, 3.05) is 25.0 Å². The molecule has 1 fully saturated rings. The number of para-hydroxylation sites is 2. The predicted molar refractivity (Wildman–Crippen MR) is 137 cm³/mol. The number of aromatic hydroxyl groups is 1. The fraction of sp³-hybridized carbons (Fsp3) is 0.556. The van der Waals surface area contributed by atoms with Crippen LogP contribution in [-0.4, -0.2) is 56.3 Å². The normalized spacial score (nSPS) is 18.4. The van der Waals surface area contributed by atoms with Crippen LogP contribution in [0, 0.1) is 5.92 Å². The first-order chi connectivity index (χ1) is 16.5. The Kier molecular flexibility index (Phi) is 6.75. The molecule has 7 heteroatoms. The van der Waals surface area contributed by atoms with Gasteiger partial charge < -0.3 is 25.6 Å². The summed E-state index contributed by atoms with van der Waals surface area (Å²) in [5.41, 5.74) is 11.4. The number of imidazole rings is 1. The summed E-state index contributed by atoms with van der Waals surface area (Å²) in [5, 5.41) is 14.5. The molecule has 0 radical (unpaired) electrons. The maximum absolute atomic E-state index is 10.8. The van der Waals surface area contributed by atoms with Gasteiger partial charge in [0, 0.05) is 37.4 Å². The van der Waals surface area contributed by atoms with Crippen molar-refractivity contribution in [1.82, 2.24) is 19.4 Å². The van der Waals surface area contributed by atoms with Crippen LogP contribution in [0.15, 0.2) is 30.3 Å². The number of piperidine rings is 1. The van der Waals surface area contributed by atoms with Crippen LogP contribution < -0.4 is 11.1 Å². The number of hydrogen-bond acceptors (Lipinski definition) is 6. The van der Waals surface area contributed by atoms with Crippen molar-refractivity contribution in [3.8, 4) is 5.75 Å². The summed E-state index contributed by atoms with van der Waals surface area (Å²) in [4.78, 5) is 12.3. The smallest absolute Gasteiger partial charge is 0.204 e. The molecular weight excluding hydrogens is 424 g/mol. The molecule has 1 unspecified atom stereocenters. The molecule has 0 amide bonds. The zero-order chi connectivity index (χ0) is 23.7. The minimum atomic E-state index is 0.227. The van der Waals surface area contributed by atoms with Gasteiger partial charge in [0.25, 0.3) is 0 Å². The second kappa shape index (κ2) is 9.92. The van der Waals surface area contributed by atoms with E-state index in [2.05, 4.69) is 34.7 Å². The number of anilines is 1. The Hall–Kier alpha value is -2.64. The SMILES string of the molecule is CC(C)C(N)CN1CCC(Nc2nc3ccccc3n2Cc2nc3c(cc2O)CCCC3)CC1. The number of fused-ring (bicyclic) bond motifs is 2. The van der Waals surface area contributed by atoms with Crippen molar-refractivity contribution in [1.29, 1.82) is 0 Å². The highest BCUT2D eigenvalue weighted by atomic mass is 16.3. The van der Waals surface area contributed by atoms with E-state index in [1.165, 1.54) is 18.4 Å². The summed E-state index contributed by atoms with van der Waals surface area (Å²) < 4.78 is 2.17. The van der Waals surface area contributed by atoms with E-state index in [1.807, 2.05) is 24.3 Å².